The zero-order valence-corrected chi connectivity index (χ0v) is 15.6. The van der Waals surface area contributed by atoms with Gasteiger partial charge in [-0.2, -0.15) is 0 Å². The van der Waals surface area contributed by atoms with E-state index >= 15 is 0 Å². The van der Waals surface area contributed by atoms with Gasteiger partial charge in [-0.1, -0.05) is 0 Å². The molecule has 9 heteroatoms. The van der Waals surface area contributed by atoms with E-state index in [1.807, 2.05) is 32.6 Å². The minimum atomic E-state index is -0.243. The number of carbonyl (C=O) groups excluding carboxylic acids is 2. The van der Waals surface area contributed by atoms with Gasteiger partial charge in [0.25, 0.3) is 0 Å². The molecule has 4 amide bonds. The van der Waals surface area contributed by atoms with Crippen molar-refractivity contribution >= 4 is 17.9 Å². The first kappa shape index (κ1) is 18.2. The second-order valence-electron chi connectivity index (χ2n) is 7.21. The Morgan fingerprint density at radius 3 is 2.69 bits per heavy atom. The highest BCUT2D eigenvalue weighted by Gasteiger charge is 2.44. The van der Waals surface area contributed by atoms with E-state index in [4.69, 9.17) is 4.74 Å². The number of piperidine rings is 1. The zero-order valence-electron chi connectivity index (χ0n) is 15.6. The molecule has 142 valence electrons. The number of hydrogen-bond acceptors (Lipinski definition) is 5. The maximum absolute atomic E-state index is 12.5. The summed E-state index contributed by atoms with van der Waals surface area (Å²) in [5.41, 5.74) is 0. The Kier molecular flexibility index (Phi) is 5.15. The standard InChI is InChI=1S/C17H26N6O3/c1-10(2)23-13-7-8-22(9-12(13)18-17(23)25)16(24)19-14-5-6-15(21-20-14)26-11(3)4/h5-6,10-13H,7-9H2,1-4H3,(H,18,25)(H,19,20,24)/t12-,13+/m1/s1. The van der Waals surface area contributed by atoms with E-state index in [9.17, 15) is 9.59 Å². The predicted molar refractivity (Wildman–Crippen MR) is 96.1 cm³/mol. The van der Waals surface area contributed by atoms with Gasteiger partial charge in [-0.05, 0) is 40.2 Å². The topological polar surface area (TPSA) is 99.7 Å². The Bertz CT molecular complexity index is 663. The van der Waals surface area contributed by atoms with Crippen LogP contribution in [0.1, 0.15) is 34.1 Å². The molecule has 3 rings (SSSR count). The van der Waals surface area contributed by atoms with Gasteiger partial charge in [0.1, 0.15) is 0 Å². The van der Waals surface area contributed by atoms with Gasteiger partial charge in [0, 0.05) is 25.2 Å². The summed E-state index contributed by atoms with van der Waals surface area (Å²) in [6.45, 7) is 8.89. The van der Waals surface area contributed by atoms with E-state index in [2.05, 4.69) is 20.8 Å². The molecular formula is C17H26N6O3. The third-order valence-corrected chi connectivity index (χ3v) is 4.55. The SMILES string of the molecule is CC(C)Oc1ccc(NC(=O)N2CC[C@H]3[C@@H](C2)NC(=O)N3C(C)C)nn1. The number of nitrogens with zero attached hydrogens (tertiary/aromatic N) is 4. The van der Waals surface area contributed by atoms with Crippen molar-refractivity contribution in [2.45, 2.75) is 58.3 Å². The first-order valence-corrected chi connectivity index (χ1v) is 9.00. The van der Waals surface area contributed by atoms with Gasteiger partial charge in [0.2, 0.25) is 5.88 Å². The average Bonchev–Trinajstić information content (AvgIpc) is 2.91. The number of fused-ring (bicyclic) bond motifs is 1. The average molecular weight is 362 g/mol. The fourth-order valence-electron chi connectivity index (χ4n) is 3.48. The number of ether oxygens (including phenoxy) is 1. The summed E-state index contributed by atoms with van der Waals surface area (Å²) in [4.78, 5) is 28.2. The lowest BCUT2D eigenvalue weighted by atomic mass is 9.99. The van der Waals surface area contributed by atoms with Crippen LogP contribution in [0.5, 0.6) is 5.88 Å². The van der Waals surface area contributed by atoms with Crippen LogP contribution >= 0.6 is 0 Å². The van der Waals surface area contributed by atoms with Crippen molar-refractivity contribution in [1.82, 2.24) is 25.3 Å². The van der Waals surface area contributed by atoms with Gasteiger partial charge < -0.3 is 19.9 Å². The lowest BCUT2D eigenvalue weighted by molar-refractivity contribution is 0.138. The van der Waals surface area contributed by atoms with Crippen LogP contribution in [0.25, 0.3) is 0 Å². The summed E-state index contributed by atoms with van der Waals surface area (Å²) < 4.78 is 5.44. The van der Waals surface area contributed by atoms with Gasteiger partial charge in [0.15, 0.2) is 5.82 Å². The number of amides is 4. The summed E-state index contributed by atoms with van der Waals surface area (Å²) in [5.74, 6) is 0.786. The molecule has 0 radical (unpaired) electrons. The first-order valence-electron chi connectivity index (χ1n) is 9.00. The summed E-state index contributed by atoms with van der Waals surface area (Å²) in [5, 5.41) is 13.6. The highest BCUT2D eigenvalue weighted by molar-refractivity contribution is 5.88. The largest absolute Gasteiger partial charge is 0.474 e. The van der Waals surface area contributed by atoms with Crippen molar-refractivity contribution in [1.29, 1.82) is 0 Å². The van der Waals surface area contributed by atoms with Crippen molar-refractivity contribution in [3.8, 4) is 5.88 Å². The number of urea groups is 2. The highest BCUT2D eigenvalue weighted by Crippen LogP contribution is 2.25. The van der Waals surface area contributed by atoms with E-state index in [0.717, 1.165) is 6.42 Å². The molecule has 2 aliphatic heterocycles. The second-order valence-corrected chi connectivity index (χ2v) is 7.21. The number of likely N-dealkylation sites (tertiary alicyclic amines) is 1. The minimum absolute atomic E-state index is 0.0121. The molecule has 2 fully saturated rings. The van der Waals surface area contributed by atoms with E-state index in [1.165, 1.54) is 0 Å². The predicted octanol–water partition coefficient (Wildman–Crippen LogP) is 1.67. The Balaban J connectivity index is 1.57. The maximum atomic E-state index is 12.5. The van der Waals surface area contributed by atoms with Gasteiger partial charge in [-0.3, -0.25) is 5.32 Å². The summed E-state index contributed by atoms with van der Waals surface area (Å²) in [7, 11) is 0. The van der Waals surface area contributed by atoms with Crippen LogP contribution in [0, 0.1) is 0 Å². The van der Waals surface area contributed by atoms with Gasteiger partial charge in [0.05, 0.1) is 18.2 Å². The maximum Gasteiger partial charge on any atom is 0.323 e. The van der Waals surface area contributed by atoms with Crippen LogP contribution in [0.4, 0.5) is 15.4 Å². The number of hydrogen-bond donors (Lipinski definition) is 2. The van der Waals surface area contributed by atoms with E-state index < -0.39 is 0 Å². The molecule has 1 aromatic heterocycles. The van der Waals surface area contributed by atoms with Gasteiger partial charge in [-0.15, -0.1) is 10.2 Å². The molecule has 0 bridgehead atoms. The number of rotatable bonds is 4. The van der Waals surface area contributed by atoms with Gasteiger partial charge in [-0.25, -0.2) is 9.59 Å². The molecule has 26 heavy (non-hydrogen) atoms. The molecule has 2 atom stereocenters. The van der Waals surface area contributed by atoms with Crippen LogP contribution in [0.3, 0.4) is 0 Å². The highest BCUT2D eigenvalue weighted by atomic mass is 16.5. The third kappa shape index (κ3) is 3.81. The van der Waals surface area contributed by atoms with Crippen molar-refractivity contribution in [3.63, 3.8) is 0 Å². The molecule has 0 saturated carbocycles. The van der Waals surface area contributed by atoms with Crippen molar-refractivity contribution in [2.75, 3.05) is 18.4 Å². The zero-order chi connectivity index (χ0) is 18.8. The molecule has 0 aliphatic carbocycles. The van der Waals surface area contributed by atoms with Crippen molar-refractivity contribution in [2.24, 2.45) is 0 Å². The Hall–Kier alpha value is -2.58. The minimum Gasteiger partial charge on any atom is -0.474 e. The first-order chi connectivity index (χ1) is 12.3. The number of aromatic nitrogens is 2. The van der Waals surface area contributed by atoms with E-state index in [1.54, 1.807) is 17.0 Å². The van der Waals surface area contributed by atoms with Crippen LogP contribution in [0.2, 0.25) is 0 Å². The van der Waals surface area contributed by atoms with Crippen LogP contribution in [0.15, 0.2) is 12.1 Å². The number of carbonyl (C=O) groups is 2. The Labute approximate surface area is 153 Å². The van der Waals surface area contributed by atoms with E-state index in [0.29, 0.717) is 24.8 Å². The quantitative estimate of drug-likeness (QED) is 0.849. The Morgan fingerprint density at radius 1 is 1.31 bits per heavy atom. The molecule has 0 unspecified atom stereocenters. The molecule has 0 aromatic carbocycles. The fraction of sp³-hybridized carbons (Fsp3) is 0.647. The molecule has 2 saturated heterocycles. The van der Waals surface area contributed by atoms with Crippen molar-refractivity contribution in [3.05, 3.63) is 12.1 Å². The fourth-order valence-corrected chi connectivity index (χ4v) is 3.48. The molecule has 3 heterocycles. The van der Waals surface area contributed by atoms with Crippen LogP contribution < -0.4 is 15.4 Å². The smallest absolute Gasteiger partial charge is 0.323 e. The van der Waals surface area contributed by atoms with Crippen molar-refractivity contribution < 1.29 is 14.3 Å². The lowest BCUT2D eigenvalue weighted by Crippen LogP contribution is -2.54. The molecule has 2 N–H and O–H groups in total. The molecule has 9 nitrogen and oxygen atoms in total. The Morgan fingerprint density at radius 2 is 2.08 bits per heavy atom. The summed E-state index contributed by atoms with van der Waals surface area (Å²) >= 11 is 0. The normalized spacial score (nSPS) is 22.5. The second kappa shape index (κ2) is 7.35. The molecule has 2 aliphatic rings. The van der Waals surface area contributed by atoms with Gasteiger partial charge >= 0.3 is 12.1 Å². The van der Waals surface area contributed by atoms with Crippen LogP contribution in [-0.4, -0.2) is 69.4 Å². The molecule has 0 spiro atoms. The van der Waals surface area contributed by atoms with Crippen LogP contribution in [-0.2, 0) is 0 Å². The number of anilines is 1. The number of nitrogens with one attached hydrogen (secondary N) is 2. The third-order valence-electron chi connectivity index (χ3n) is 4.55. The monoisotopic (exact) mass is 362 g/mol. The summed E-state index contributed by atoms with van der Waals surface area (Å²) in [6, 6.07) is 3.28. The summed E-state index contributed by atoms with van der Waals surface area (Å²) in [6.07, 6.45) is 0.764. The van der Waals surface area contributed by atoms with E-state index in [-0.39, 0.29) is 36.3 Å². The molecular weight excluding hydrogens is 336 g/mol. The molecule has 1 aromatic rings. The lowest BCUT2D eigenvalue weighted by Gasteiger charge is -2.37.